The lowest BCUT2D eigenvalue weighted by Crippen LogP contribution is -2.41. The van der Waals surface area contributed by atoms with Gasteiger partial charge in [-0.25, -0.2) is 8.42 Å². The largest absolute Gasteiger partial charge is 0.486 e. The van der Waals surface area contributed by atoms with Crippen LogP contribution in [0.1, 0.15) is 10.4 Å². The highest BCUT2D eigenvalue weighted by Crippen LogP contribution is 2.31. The fraction of sp³-hybridized carbons (Fsp3) is 0.235. The average Bonchev–Trinajstić information content (AvgIpc) is 2.61. The molecule has 0 saturated heterocycles. The van der Waals surface area contributed by atoms with Gasteiger partial charge in [0.05, 0.1) is 11.4 Å². The number of primary amides is 1. The number of carbonyl (C=O) groups excluding carboxylic acids is 1. The van der Waals surface area contributed by atoms with Crippen LogP contribution in [0.3, 0.4) is 0 Å². The summed E-state index contributed by atoms with van der Waals surface area (Å²) in [5.74, 6) is 0.630. The van der Waals surface area contributed by atoms with Gasteiger partial charge >= 0.3 is 0 Å². The summed E-state index contributed by atoms with van der Waals surface area (Å²) in [6, 6.07) is 12.7. The van der Waals surface area contributed by atoms with Crippen molar-refractivity contribution in [3.8, 4) is 11.5 Å². The first-order chi connectivity index (χ1) is 11.9. The number of sulfonamides is 1. The van der Waals surface area contributed by atoms with Gasteiger partial charge in [-0.3, -0.25) is 4.79 Å². The molecule has 0 unspecified atom stereocenters. The quantitative estimate of drug-likeness (QED) is 0.863. The lowest BCUT2D eigenvalue weighted by molar-refractivity contribution is 0.0798. The number of fused-ring (bicyclic) bond motifs is 1. The molecular formula is C17H18N2O5S. The average molecular weight is 362 g/mol. The SMILES string of the molecule is CN(C[C@H]1COc2ccccc2O1)S(=O)(=O)c1ccc(C(N)=O)cc1. The van der Waals surface area contributed by atoms with Gasteiger partial charge in [0, 0.05) is 12.6 Å². The van der Waals surface area contributed by atoms with Gasteiger partial charge in [-0.15, -0.1) is 0 Å². The Kier molecular flexibility index (Phi) is 4.65. The van der Waals surface area contributed by atoms with Gasteiger partial charge < -0.3 is 15.2 Å². The van der Waals surface area contributed by atoms with Crippen LogP contribution in [0.15, 0.2) is 53.4 Å². The van der Waals surface area contributed by atoms with Gasteiger partial charge in [0.15, 0.2) is 11.5 Å². The van der Waals surface area contributed by atoms with Crippen molar-refractivity contribution in [2.24, 2.45) is 5.73 Å². The molecule has 1 amide bonds. The van der Waals surface area contributed by atoms with Gasteiger partial charge in [0.25, 0.3) is 0 Å². The van der Waals surface area contributed by atoms with Crippen molar-refractivity contribution in [1.29, 1.82) is 0 Å². The summed E-state index contributed by atoms with van der Waals surface area (Å²) in [7, 11) is -2.24. The molecule has 132 valence electrons. The second kappa shape index (κ2) is 6.73. The molecule has 0 aliphatic carbocycles. The lowest BCUT2D eigenvalue weighted by Gasteiger charge is -2.29. The molecule has 0 spiro atoms. The molecule has 3 rings (SSSR count). The number of rotatable bonds is 5. The highest BCUT2D eigenvalue weighted by atomic mass is 32.2. The normalized spacial score (nSPS) is 16.6. The molecule has 25 heavy (non-hydrogen) atoms. The number of nitrogens with two attached hydrogens (primary N) is 1. The van der Waals surface area contributed by atoms with Crippen LogP contribution in [0.2, 0.25) is 0 Å². The van der Waals surface area contributed by atoms with Crippen LogP contribution >= 0.6 is 0 Å². The summed E-state index contributed by atoms with van der Waals surface area (Å²) < 4.78 is 37.9. The van der Waals surface area contributed by atoms with Crippen LogP contribution in [0.25, 0.3) is 0 Å². The zero-order valence-electron chi connectivity index (χ0n) is 13.6. The molecule has 2 aromatic carbocycles. The summed E-state index contributed by atoms with van der Waals surface area (Å²) >= 11 is 0. The van der Waals surface area contributed by atoms with Crippen LogP contribution in [0.4, 0.5) is 0 Å². The van der Waals surface area contributed by atoms with Crippen LogP contribution in [-0.2, 0) is 10.0 Å². The van der Waals surface area contributed by atoms with Gasteiger partial charge in [-0.2, -0.15) is 4.31 Å². The first-order valence-electron chi connectivity index (χ1n) is 7.62. The Balaban J connectivity index is 1.72. The van der Waals surface area contributed by atoms with Crippen molar-refractivity contribution in [3.63, 3.8) is 0 Å². The second-order valence-corrected chi connectivity index (χ2v) is 7.72. The third-order valence-electron chi connectivity index (χ3n) is 3.88. The predicted octanol–water partition coefficient (Wildman–Crippen LogP) is 1.25. The maximum atomic E-state index is 12.6. The lowest BCUT2D eigenvalue weighted by atomic mass is 10.2. The summed E-state index contributed by atoms with van der Waals surface area (Å²) in [4.78, 5) is 11.2. The number of hydrogen-bond donors (Lipinski definition) is 1. The molecule has 1 atom stereocenters. The third kappa shape index (κ3) is 3.59. The number of hydrogen-bond acceptors (Lipinski definition) is 5. The fourth-order valence-electron chi connectivity index (χ4n) is 2.51. The number of benzene rings is 2. The number of ether oxygens (including phenoxy) is 2. The number of likely N-dealkylation sites (N-methyl/N-ethyl adjacent to an activating group) is 1. The molecule has 1 aliphatic rings. The maximum Gasteiger partial charge on any atom is 0.248 e. The molecule has 0 bridgehead atoms. The Bertz CT molecular complexity index is 880. The Morgan fingerprint density at radius 2 is 1.80 bits per heavy atom. The van der Waals surface area contributed by atoms with Crippen LogP contribution in [0.5, 0.6) is 11.5 Å². The number of para-hydroxylation sites is 2. The predicted molar refractivity (Wildman–Crippen MR) is 91.1 cm³/mol. The summed E-state index contributed by atoms with van der Waals surface area (Å²) in [6.07, 6.45) is -0.417. The van der Waals surface area contributed by atoms with Gasteiger partial charge in [-0.05, 0) is 36.4 Å². The highest BCUT2D eigenvalue weighted by Gasteiger charge is 2.28. The second-order valence-electron chi connectivity index (χ2n) is 5.67. The smallest absolute Gasteiger partial charge is 0.248 e. The van der Waals surface area contributed by atoms with Crippen molar-refractivity contribution in [3.05, 3.63) is 54.1 Å². The fourth-order valence-corrected chi connectivity index (χ4v) is 3.71. The van der Waals surface area contributed by atoms with E-state index in [-0.39, 0.29) is 23.6 Å². The molecule has 2 aromatic rings. The van der Waals surface area contributed by atoms with E-state index in [2.05, 4.69) is 0 Å². The topological polar surface area (TPSA) is 98.9 Å². The Morgan fingerprint density at radius 1 is 1.16 bits per heavy atom. The molecular weight excluding hydrogens is 344 g/mol. The maximum absolute atomic E-state index is 12.6. The standard InChI is InChI=1S/C17H18N2O5S/c1-19(10-13-11-23-15-4-2-3-5-16(15)24-13)25(21,22)14-8-6-12(7-9-14)17(18)20/h2-9,13H,10-11H2,1H3,(H2,18,20)/t13-/m0/s1. The molecule has 0 radical (unpaired) electrons. The van der Waals surface area contributed by atoms with E-state index in [1.165, 1.54) is 35.6 Å². The first kappa shape index (κ1) is 17.2. The van der Waals surface area contributed by atoms with Crippen molar-refractivity contribution in [2.45, 2.75) is 11.0 Å². The zero-order valence-corrected chi connectivity index (χ0v) is 14.4. The summed E-state index contributed by atoms with van der Waals surface area (Å²) in [5, 5.41) is 0. The molecule has 1 heterocycles. The molecule has 0 aromatic heterocycles. The first-order valence-corrected chi connectivity index (χ1v) is 9.06. The van der Waals surface area contributed by atoms with E-state index in [1.54, 1.807) is 12.1 Å². The molecule has 0 fully saturated rings. The van der Waals surface area contributed by atoms with E-state index in [4.69, 9.17) is 15.2 Å². The van der Waals surface area contributed by atoms with E-state index in [0.717, 1.165) is 0 Å². The van der Waals surface area contributed by atoms with Crippen LogP contribution in [0, 0.1) is 0 Å². The van der Waals surface area contributed by atoms with Crippen molar-refractivity contribution < 1.29 is 22.7 Å². The molecule has 1 aliphatic heterocycles. The van der Waals surface area contributed by atoms with Gasteiger partial charge in [0.1, 0.15) is 12.7 Å². The monoisotopic (exact) mass is 362 g/mol. The van der Waals surface area contributed by atoms with Gasteiger partial charge in [0.2, 0.25) is 15.9 Å². The minimum absolute atomic E-state index is 0.0807. The van der Waals surface area contributed by atoms with Crippen molar-refractivity contribution in [2.75, 3.05) is 20.2 Å². The van der Waals surface area contributed by atoms with Crippen molar-refractivity contribution in [1.82, 2.24) is 4.31 Å². The highest BCUT2D eigenvalue weighted by molar-refractivity contribution is 7.89. The van der Waals surface area contributed by atoms with Crippen LogP contribution in [-0.4, -0.2) is 44.9 Å². The Labute approximate surface area is 146 Å². The zero-order chi connectivity index (χ0) is 18.0. The Morgan fingerprint density at radius 3 is 2.44 bits per heavy atom. The van der Waals surface area contributed by atoms with Crippen molar-refractivity contribution >= 4 is 15.9 Å². The molecule has 7 nitrogen and oxygen atoms in total. The minimum Gasteiger partial charge on any atom is -0.486 e. The molecule has 8 heteroatoms. The molecule has 0 saturated carbocycles. The number of nitrogens with zero attached hydrogens (tertiary/aromatic N) is 1. The van der Waals surface area contributed by atoms with E-state index in [0.29, 0.717) is 11.5 Å². The van der Waals surface area contributed by atoms with E-state index < -0.39 is 22.0 Å². The van der Waals surface area contributed by atoms with E-state index >= 15 is 0 Å². The summed E-state index contributed by atoms with van der Waals surface area (Å²) in [6.45, 7) is 0.395. The minimum atomic E-state index is -3.71. The Hall–Kier alpha value is -2.58. The summed E-state index contributed by atoms with van der Waals surface area (Å²) in [5.41, 5.74) is 5.42. The van der Waals surface area contributed by atoms with E-state index in [1.807, 2.05) is 12.1 Å². The van der Waals surface area contributed by atoms with Crippen LogP contribution < -0.4 is 15.2 Å². The number of carbonyl (C=O) groups is 1. The number of amides is 1. The molecule has 2 N–H and O–H groups in total. The van der Waals surface area contributed by atoms with E-state index in [9.17, 15) is 13.2 Å². The third-order valence-corrected chi connectivity index (χ3v) is 5.71. The van der Waals surface area contributed by atoms with Gasteiger partial charge in [-0.1, -0.05) is 12.1 Å².